The predicted octanol–water partition coefficient (Wildman–Crippen LogP) is 3.80. The molecule has 0 fully saturated rings. The van der Waals surface area contributed by atoms with E-state index in [0.717, 1.165) is 35.3 Å². The highest BCUT2D eigenvalue weighted by atomic mass is 32.1. The van der Waals surface area contributed by atoms with Crippen LogP contribution in [0.25, 0.3) is 0 Å². The topological polar surface area (TPSA) is 43.1 Å². The molecule has 0 N–H and O–H groups in total. The van der Waals surface area contributed by atoms with Crippen molar-refractivity contribution in [1.29, 1.82) is 0 Å². The molecular formula is C11H14NO2S. The fourth-order valence-electron chi connectivity index (χ4n) is 1.48. The van der Waals surface area contributed by atoms with Crippen molar-refractivity contribution in [2.45, 2.75) is 38.0 Å². The highest BCUT2D eigenvalue weighted by Crippen LogP contribution is 2.26. The van der Waals surface area contributed by atoms with Gasteiger partial charge in [0.2, 0.25) is 0 Å². The average molecular weight is 224 g/mol. The smallest absolute Gasteiger partial charge is 0.258 e. The lowest BCUT2D eigenvalue weighted by atomic mass is 10.0. The monoisotopic (exact) mass is 224 g/mol. The second-order valence-electron chi connectivity index (χ2n) is 3.61. The van der Waals surface area contributed by atoms with Crippen LogP contribution in [0.15, 0.2) is 17.0 Å². The van der Waals surface area contributed by atoms with E-state index >= 15 is 0 Å². The van der Waals surface area contributed by atoms with Crippen molar-refractivity contribution in [1.82, 2.24) is 0 Å². The number of hydrogen-bond acceptors (Lipinski definition) is 2. The Labute approximate surface area is 95.1 Å². The molecule has 0 saturated carbocycles. The molecule has 0 aliphatic rings. The van der Waals surface area contributed by atoms with Crippen LogP contribution in [0.3, 0.4) is 0 Å². The molecule has 81 valence electrons. The van der Waals surface area contributed by atoms with Crippen LogP contribution >= 0.6 is 12.6 Å². The molecule has 3 nitrogen and oxygen atoms in total. The van der Waals surface area contributed by atoms with Crippen molar-refractivity contribution < 1.29 is 4.92 Å². The van der Waals surface area contributed by atoms with Gasteiger partial charge in [-0.1, -0.05) is 26.0 Å². The van der Waals surface area contributed by atoms with Crippen molar-refractivity contribution in [3.05, 3.63) is 33.4 Å². The molecule has 4 heteroatoms. The molecule has 0 atom stereocenters. The van der Waals surface area contributed by atoms with Crippen LogP contribution in [0, 0.1) is 17.0 Å². The third-order valence-electron chi connectivity index (χ3n) is 2.35. The second-order valence-corrected chi connectivity index (χ2v) is 4.02. The molecule has 0 spiro atoms. The van der Waals surface area contributed by atoms with E-state index in [4.69, 9.17) is 12.6 Å². The van der Waals surface area contributed by atoms with Crippen LogP contribution in [-0.4, -0.2) is 4.92 Å². The number of nitrogens with zero attached hydrogens (tertiary/aromatic N) is 1. The first-order valence-electron chi connectivity index (χ1n) is 5.01. The molecule has 1 rings (SSSR count). The molecule has 0 saturated heterocycles. The van der Waals surface area contributed by atoms with Gasteiger partial charge in [-0.2, -0.15) is 0 Å². The van der Waals surface area contributed by atoms with Gasteiger partial charge in [0.25, 0.3) is 5.69 Å². The van der Waals surface area contributed by atoms with Crippen molar-refractivity contribution >= 4 is 18.3 Å². The van der Waals surface area contributed by atoms with Crippen LogP contribution in [0.1, 0.15) is 30.9 Å². The lowest BCUT2D eigenvalue weighted by Crippen LogP contribution is -1.95. The van der Waals surface area contributed by atoms with Crippen LogP contribution in [0.5, 0.6) is 0 Å². The van der Waals surface area contributed by atoms with E-state index in [1.807, 2.05) is 6.92 Å². The lowest BCUT2D eigenvalue weighted by Gasteiger charge is -2.06. The number of nitro benzene ring substituents is 1. The Hall–Kier alpha value is -1.16. The van der Waals surface area contributed by atoms with Crippen molar-refractivity contribution in [2.24, 2.45) is 0 Å². The van der Waals surface area contributed by atoms with Gasteiger partial charge in [0.1, 0.15) is 0 Å². The summed E-state index contributed by atoms with van der Waals surface area (Å²) >= 11 is 5.23. The van der Waals surface area contributed by atoms with E-state index < -0.39 is 0 Å². The number of unbranched alkanes of at least 4 members (excludes halogenated alkanes) is 1. The summed E-state index contributed by atoms with van der Waals surface area (Å²) in [5.74, 6) is 0. The fourth-order valence-corrected chi connectivity index (χ4v) is 1.70. The zero-order chi connectivity index (χ0) is 11.4. The normalized spacial score (nSPS) is 10.3. The van der Waals surface area contributed by atoms with E-state index in [0.29, 0.717) is 0 Å². The molecular weight excluding hydrogens is 210 g/mol. The summed E-state index contributed by atoms with van der Waals surface area (Å²) in [4.78, 5) is 11.1. The molecule has 1 radical (unpaired) electrons. The Morgan fingerprint density at radius 2 is 2.13 bits per heavy atom. The second kappa shape index (κ2) is 5.07. The molecule has 0 amide bonds. The van der Waals surface area contributed by atoms with Gasteiger partial charge in [-0.3, -0.25) is 10.1 Å². The van der Waals surface area contributed by atoms with Gasteiger partial charge < -0.3 is 0 Å². The Balaban J connectivity index is 3.07. The number of non-ortho nitro benzene ring substituents is 1. The molecule has 1 aromatic rings. The van der Waals surface area contributed by atoms with Crippen LogP contribution in [-0.2, 0) is 6.42 Å². The minimum atomic E-state index is -0.364. The third-order valence-corrected chi connectivity index (χ3v) is 2.93. The van der Waals surface area contributed by atoms with Crippen LogP contribution in [0.4, 0.5) is 5.69 Å². The average Bonchev–Trinajstić information content (AvgIpc) is 2.19. The van der Waals surface area contributed by atoms with E-state index in [1.54, 1.807) is 6.07 Å². The van der Waals surface area contributed by atoms with Gasteiger partial charge in [-0.25, -0.2) is 0 Å². The van der Waals surface area contributed by atoms with Crippen LogP contribution < -0.4 is 0 Å². The van der Waals surface area contributed by atoms with Gasteiger partial charge >= 0.3 is 0 Å². The van der Waals surface area contributed by atoms with E-state index in [-0.39, 0.29) is 10.6 Å². The Kier molecular flexibility index (Phi) is 4.03. The molecule has 15 heavy (non-hydrogen) atoms. The van der Waals surface area contributed by atoms with Crippen LogP contribution in [0.2, 0.25) is 0 Å². The number of hydrogen-bond donors (Lipinski definition) is 0. The summed E-state index contributed by atoms with van der Waals surface area (Å²) in [6, 6.07) is 3.14. The summed E-state index contributed by atoms with van der Waals surface area (Å²) in [5, 5.41) is 10.7. The maximum atomic E-state index is 10.7. The van der Waals surface area contributed by atoms with E-state index in [2.05, 4.69) is 6.92 Å². The van der Waals surface area contributed by atoms with Gasteiger partial charge in [0, 0.05) is 17.0 Å². The molecule has 0 aromatic heterocycles. The predicted molar refractivity (Wildman–Crippen MR) is 62.3 cm³/mol. The van der Waals surface area contributed by atoms with Gasteiger partial charge in [-0.15, -0.1) is 0 Å². The summed E-state index contributed by atoms with van der Waals surface area (Å²) in [6.07, 6.45) is 2.92. The molecule has 1 aromatic carbocycles. The van der Waals surface area contributed by atoms with Crippen molar-refractivity contribution in [3.8, 4) is 0 Å². The maximum Gasteiger partial charge on any atom is 0.270 e. The number of benzene rings is 1. The zero-order valence-electron chi connectivity index (χ0n) is 8.95. The number of aryl methyl sites for hydroxylation is 2. The fraction of sp³-hybridized carbons (Fsp3) is 0.455. The van der Waals surface area contributed by atoms with Crippen molar-refractivity contribution in [3.63, 3.8) is 0 Å². The first kappa shape index (κ1) is 11.9. The quantitative estimate of drug-likeness (QED) is 0.576. The summed E-state index contributed by atoms with van der Waals surface area (Å²) in [5.41, 5.74) is 1.90. The molecule has 0 bridgehead atoms. The number of nitro groups is 1. The number of rotatable bonds is 4. The highest BCUT2D eigenvalue weighted by Gasteiger charge is 2.12. The first-order chi connectivity index (χ1) is 7.06. The van der Waals surface area contributed by atoms with Gasteiger partial charge in [-0.05, 0) is 30.9 Å². The Morgan fingerprint density at radius 1 is 1.47 bits per heavy atom. The minimum absolute atomic E-state index is 0.146. The van der Waals surface area contributed by atoms with Crippen molar-refractivity contribution in [2.75, 3.05) is 0 Å². The maximum absolute atomic E-state index is 10.7. The largest absolute Gasteiger partial charge is 0.270 e. The molecule has 0 heterocycles. The Bertz CT molecular complexity index is 377. The zero-order valence-corrected chi connectivity index (χ0v) is 9.76. The molecule has 0 unspecified atom stereocenters. The first-order valence-corrected chi connectivity index (χ1v) is 5.42. The lowest BCUT2D eigenvalue weighted by molar-refractivity contribution is -0.385. The van der Waals surface area contributed by atoms with E-state index in [9.17, 15) is 10.1 Å². The van der Waals surface area contributed by atoms with Gasteiger partial charge in [0.15, 0.2) is 0 Å². The summed E-state index contributed by atoms with van der Waals surface area (Å²) in [6.45, 7) is 3.91. The van der Waals surface area contributed by atoms with E-state index in [1.165, 1.54) is 6.07 Å². The summed E-state index contributed by atoms with van der Waals surface area (Å²) in [7, 11) is 0. The molecule has 0 aliphatic heterocycles. The Morgan fingerprint density at radius 3 is 2.67 bits per heavy atom. The highest BCUT2D eigenvalue weighted by molar-refractivity contribution is 7.80. The van der Waals surface area contributed by atoms with Gasteiger partial charge in [0.05, 0.1) is 4.92 Å². The minimum Gasteiger partial charge on any atom is -0.258 e. The summed E-state index contributed by atoms with van der Waals surface area (Å²) < 4.78 is 0. The molecule has 0 aliphatic carbocycles. The standard InChI is InChI=1S/C11H14NO2S/c1-3-4-5-9-7-10(12(13)14)6-8(2)11(9)15/h6-7H,3-5H2,1-2H3. The third kappa shape index (κ3) is 2.89. The SMILES string of the molecule is CCCCc1cc([N+](=O)[O-])cc(C)c1[S].